The van der Waals surface area contributed by atoms with Crippen LogP contribution in [0.4, 0.5) is 0 Å². The number of hydrogen-bond donors (Lipinski definition) is 2. The van der Waals surface area contributed by atoms with Crippen LogP contribution in [0.15, 0.2) is 85.1 Å². The second-order valence-corrected chi connectivity index (χ2v) is 12.0. The summed E-state index contributed by atoms with van der Waals surface area (Å²) in [5.41, 5.74) is 4.50. The number of amides is 1. The van der Waals surface area contributed by atoms with E-state index in [2.05, 4.69) is 38.1 Å². The lowest BCUT2D eigenvalue weighted by Gasteiger charge is -2.27. The summed E-state index contributed by atoms with van der Waals surface area (Å²) < 4.78 is 2.34. The predicted octanol–water partition coefficient (Wildman–Crippen LogP) is 7.34. The molecule has 2 N–H and O–H groups in total. The maximum atomic E-state index is 13.7. The van der Waals surface area contributed by atoms with E-state index in [1.807, 2.05) is 31.2 Å². The van der Waals surface area contributed by atoms with Crippen LogP contribution in [0.5, 0.6) is 0 Å². The van der Waals surface area contributed by atoms with Gasteiger partial charge in [0, 0.05) is 39.8 Å². The first-order chi connectivity index (χ1) is 21.3. The molecule has 1 aliphatic carbocycles. The molecule has 1 aliphatic rings. The van der Waals surface area contributed by atoms with E-state index >= 15 is 0 Å². The molecule has 3 aromatic carbocycles. The number of carbonyl (C=O) groups excluding carboxylic acids is 1. The third-order valence-corrected chi connectivity index (χ3v) is 8.95. The Morgan fingerprint density at radius 3 is 2.48 bits per heavy atom. The van der Waals surface area contributed by atoms with Crippen molar-refractivity contribution >= 4 is 44.7 Å². The summed E-state index contributed by atoms with van der Waals surface area (Å²) >= 11 is 0. The van der Waals surface area contributed by atoms with Crippen molar-refractivity contribution in [2.75, 3.05) is 0 Å². The molecule has 3 aromatic heterocycles. The first-order valence-electron chi connectivity index (χ1n) is 15.1. The minimum Gasteiger partial charge on any atom is -0.479 e. The molecule has 6 aromatic rings. The molecule has 44 heavy (non-hydrogen) atoms. The minimum absolute atomic E-state index is 0.313. The smallest absolute Gasteiger partial charge is 0.333 e. The van der Waals surface area contributed by atoms with Crippen molar-refractivity contribution in [2.45, 2.75) is 57.5 Å². The monoisotopic (exact) mass is 583 g/mol. The van der Waals surface area contributed by atoms with Crippen molar-refractivity contribution in [2.24, 2.45) is 0 Å². The van der Waals surface area contributed by atoms with Crippen molar-refractivity contribution < 1.29 is 14.7 Å². The lowest BCUT2D eigenvalue weighted by molar-refractivity contribution is -0.144. The number of imidazole rings is 1. The number of nitrogens with zero attached hydrogens (tertiary/aromatic N) is 4. The fraction of sp³-hybridized carbons (Fsp3) is 0.250. The lowest BCUT2D eigenvalue weighted by atomic mass is 9.90. The Labute approximate surface area is 254 Å². The van der Waals surface area contributed by atoms with Gasteiger partial charge in [-0.05, 0) is 92.9 Å². The Hall–Kier alpha value is -5.11. The molecule has 220 valence electrons. The van der Waals surface area contributed by atoms with Gasteiger partial charge in [0.25, 0.3) is 5.91 Å². The number of benzene rings is 3. The molecule has 1 amide bonds. The zero-order chi connectivity index (χ0) is 30.4. The summed E-state index contributed by atoms with van der Waals surface area (Å²) in [5, 5.41) is 14.9. The molecule has 1 unspecified atom stereocenters. The molecule has 0 spiro atoms. The summed E-state index contributed by atoms with van der Waals surface area (Å²) in [4.78, 5) is 40.3. The highest BCUT2D eigenvalue weighted by Crippen LogP contribution is 2.37. The first kappa shape index (κ1) is 27.7. The Balaban J connectivity index is 1.28. The molecule has 1 saturated carbocycles. The van der Waals surface area contributed by atoms with Gasteiger partial charge in [-0.1, -0.05) is 37.5 Å². The van der Waals surface area contributed by atoms with Crippen molar-refractivity contribution in [3.8, 4) is 11.4 Å². The molecule has 7 rings (SSSR count). The van der Waals surface area contributed by atoms with Gasteiger partial charge in [0.05, 0.1) is 22.1 Å². The summed E-state index contributed by atoms with van der Waals surface area (Å²) in [6, 6.07) is 25.0. The van der Waals surface area contributed by atoms with Gasteiger partial charge < -0.3 is 15.0 Å². The predicted molar refractivity (Wildman–Crippen MR) is 172 cm³/mol. The minimum atomic E-state index is -1.65. The average molecular weight is 584 g/mol. The largest absolute Gasteiger partial charge is 0.479 e. The van der Waals surface area contributed by atoms with Crippen LogP contribution in [-0.2, 0) is 10.3 Å². The summed E-state index contributed by atoms with van der Waals surface area (Å²) in [7, 11) is 0. The SMILES string of the molecule is Cc1ccc2cc(-c3nc4cc(C(=O)NC(C)(C(=O)O)c5ccc6ncccc6c5)ccc4n3C3CCCCC3)ccc2n1. The van der Waals surface area contributed by atoms with E-state index in [1.54, 1.807) is 42.6 Å². The van der Waals surface area contributed by atoms with Gasteiger partial charge in [-0.15, -0.1) is 0 Å². The molecular formula is C36H33N5O3. The van der Waals surface area contributed by atoms with Crippen molar-refractivity contribution in [3.05, 3.63) is 102 Å². The molecule has 0 bridgehead atoms. The second kappa shape index (κ2) is 10.9. The highest BCUT2D eigenvalue weighted by atomic mass is 16.4. The molecule has 1 atom stereocenters. The molecule has 8 heteroatoms. The number of pyridine rings is 2. The summed E-state index contributed by atoms with van der Waals surface area (Å²) in [6.45, 7) is 3.50. The van der Waals surface area contributed by atoms with Crippen LogP contribution in [0.1, 0.15) is 66.7 Å². The molecule has 0 radical (unpaired) electrons. The number of nitrogens with one attached hydrogen (secondary N) is 1. The lowest BCUT2D eigenvalue weighted by Crippen LogP contribution is -2.49. The van der Waals surface area contributed by atoms with Gasteiger partial charge in [-0.25, -0.2) is 9.78 Å². The number of aromatic nitrogens is 4. The Bertz CT molecular complexity index is 2080. The third-order valence-electron chi connectivity index (χ3n) is 8.95. The number of fused-ring (bicyclic) bond motifs is 3. The van der Waals surface area contributed by atoms with Crippen molar-refractivity contribution in [1.82, 2.24) is 24.8 Å². The number of carboxylic acid groups (broad SMARTS) is 1. The van der Waals surface area contributed by atoms with Crippen molar-refractivity contribution in [1.29, 1.82) is 0 Å². The van der Waals surface area contributed by atoms with Crippen LogP contribution in [0.2, 0.25) is 0 Å². The maximum Gasteiger partial charge on any atom is 0.333 e. The molecule has 0 saturated heterocycles. The van der Waals surface area contributed by atoms with Gasteiger partial charge in [-0.3, -0.25) is 14.8 Å². The fourth-order valence-corrected chi connectivity index (χ4v) is 6.45. The molecule has 0 aliphatic heterocycles. The average Bonchev–Trinajstić information content (AvgIpc) is 3.43. The number of rotatable bonds is 6. The number of hydrogen-bond acceptors (Lipinski definition) is 5. The van der Waals surface area contributed by atoms with E-state index in [1.165, 1.54) is 26.2 Å². The normalized spacial score (nSPS) is 15.4. The van der Waals surface area contributed by atoms with Gasteiger partial charge in [-0.2, -0.15) is 0 Å². The first-order valence-corrected chi connectivity index (χ1v) is 15.1. The highest BCUT2D eigenvalue weighted by Gasteiger charge is 2.37. The van der Waals surface area contributed by atoms with E-state index in [-0.39, 0.29) is 0 Å². The fourth-order valence-electron chi connectivity index (χ4n) is 6.45. The van der Waals surface area contributed by atoms with Crippen LogP contribution >= 0.6 is 0 Å². The Morgan fingerprint density at radius 2 is 1.66 bits per heavy atom. The zero-order valence-corrected chi connectivity index (χ0v) is 24.7. The van der Waals surface area contributed by atoms with Gasteiger partial charge in [0.15, 0.2) is 5.54 Å². The Kier molecular flexibility index (Phi) is 6.84. The highest BCUT2D eigenvalue weighted by molar-refractivity contribution is 6.01. The standard InChI is InChI=1S/C36H33N5O3/c1-22-10-11-24-19-25(12-15-30(24)38-22)33-39-31-21-26(13-17-32(31)41(33)28-8-4-3-5-9-28)34(42)40-36(2,35(43)44)27-14-16-29-23(20-27)7-6-18-37-29/h6-7,10-21,28H,3-5,8-9H2,1-2H3,(H,40,42)(H,43,44). The number of carboxylic acids is 1. The van der Waals surface area contributed by atoms with E-state index in [0.29, 0.717) is 22.7 Å². The van der Waals surface area contributed by atoms with E-state index < -0.39 is 17.4 Å². The Morgan fingerprint density at radius 1 is 0.864 bits per heavy atom. The summed E-state index contributed by atoms with van der Waals surface area (Å²) in [5.74, 6) is -0.768. The maximum absolute atomic E-state index is 13.7. The molecule has 3 heterocycles. The third kappa shape index (κ3) is 4.86. The molecule has 1 fully saturated rings. The van der Waals surface area contributed by atoms with Crippen LogP contribution in [-0.4, -0.2) is 36.5 Å². The van der Waals surface area contributed by atoms with Crippen LogP contribution in [0, 0.1) is 6.92 Å². The van der Waals surface area contributed by atoms with E-state index in [4.69, 9.17) is 4.98 Å². The van der Waals surface area contributed by atoms with Gasteiger partial charge in [0.1, 0.15) is 5.82 Å². The molecular weight excluding hydrogens is 550 g/mol. The van der Waals surface area contributed by atoms with Gasteiger partial charge >= 0.3 is 5.97 Å². The van der Waals surface area contributed by atoms with Crippen LogP contribution in [0.25, 0.3) is 44.2 Å². The zero-order valence-electron chi connectivity index (χ0n) is 24.7. The quantitative estimate of drug-likeness (QED) is 0.212. The van der Waals surface area contributed by atoms with Crippen molar-refractivity contribution in [3.63, 3.8) is 0 Å². The summed E-state index contributed by atoms with van der Waals surface area (Å²) in [6.07, 6.45) is 7.42. The van der Waals surface area contributed by atoms with Crippen LogP contribution in [0.3, 0.4) is 0 Å². The number of carbonyl (C=O) groups is 2. The number of aliphatic carboxylic acids is 1. The van der Waals surface area contributed by atoms with Crippen LogP contribution < -0.4 is 5.32 Å². The number of aryl methyl sites for hydroxylation is 1. The van der Waals surface area contributed by atoms with E-state index in [9.17, 15) is 14.7 Å². The second-order valence-electron chi connectivity index (χ2n) is 12.0. The van der Waals surface area contributed by atoms with Gasteiger partial charge in [0.2, 0.25) is 0 Å². The topological polar surface area (TPSA) is 110 Å². The molecule has 8 nitrogen and oxygen atoms in total. The van der Waals surface area contributed by atoms with E-state index in [0.717, 1.165) is 57.2 Å².